The van der Waals surface area contributed by atoms with Gasteiger partial charge in [-0.15, -0.1) is 0 Å². The molecule has 2 atom stereocenters. The molecule has 1 rings (SSSR count). The number of alkyl halides is 1. The summed E-state index contributed by atoms with van der Waals surface area (Å²) in [6.45, 7) is 4.38. The van der Waals surface area contributed by atoms with Gasteiger partial charge in [0, 0.05) is 19.0 Å². The zero-order valence-corrected chi connectivity index (χ0v) is 8.34. The van der Waals surface area contributed by atoms with Crippen LogP contribution in [-0.4, -0.2) is 37.3 Å². The number of nitrogens with zero attached hydrogens (tertiary/aromatic N) is 1. The van der Waals surface area contributed by atoms with Crippen LogP contribution < -0.4 is 0 Å². The lowest BCUT2D eigenvalue weighted by molar-refractivity contribution is 0.103. The van der Waals surface area contributed by atoms with Crippen LogP contribution in [0.1, 0.15) is 26.2 Å². The maximum Gasteiger partial charge on any atom is 0.101 e. The van der Waals surface area contributed by atoms with Crippen LogP contribution in [0.4, 0.5) is 4.39 Å². The molecule has 3 heteroatoms. The third-order valence-corrected chi connectivity index (χ3v) is 2.81. The first kappa shape index (κ1) is 10.9. The molecule has 2 nitrogen and oxygen atoms in total. The summed E-state index contributed by atoms with van der Waals surface area (Å²) < 4.78 is 13.0. The third-order valence-electron chi connectivity index (χ3n) is 2.81. The van der Waals surface area contributed by atoms with Crippen LogP contribution >= 0.6 is 0 Å². The summed E-state index contributed by atoms with van der Waals surface area (Å²) in [4.78, 5) is 2.22. The molecule has 0 bridgehead atoms. The highest BCUT2D eigenvalue weighted by molar-refractivity contribution is 4.76. The highest BCUT2D eigenvalue weighted by atomic mass is 19.1. The molecule has 1 aliphatic heterocycles. The predicted octanol–water partition coefficient (Wildman–Crippen LogP) is 1.88. The molecule has 2 unspecified atom stereocenters. The standard InChI is InChI=1S/C10H19FNO/c1-9(11)10-4-2-5-12(8-10)6-3-7-13/h9-10H,2-8H2,1H3. The van der Waals surface area contributed by atoms with Gasteiger partial charge in [-0.1, -0.05) is 0 Å². The zero-order chi connectivity index (χ0) is 9.68. The molecule has 0 amide bonds. The summed E-state index contributed by atoms with van der Waals surface area (Å²) in [6, 6.07) is 0. The normalized spacial score (nSPS) is 27.5. The van der Waals surface area contributed by atoms with Gasteiger partial charge in [0.25, 0.3) is 0 Å². The van der Waals surface area contributed by atoms with Crippen LogP contribution in [0.3, 0.4) is 0 Å². The Bertz CT molecular complexity index is 141. The van der Waals surface area contributed by atoms with E-state index in [0.29, 0.717) is 6.42 Å². The van der Waals surface area contributed by atoms with Crippen molar-refractivity contribution in [2.75, 3.05) is 26.2 Å². The fraction of sp³-hybridized carbons (Fsp3) is 1.00. The fourth-order valence-corrected chi connectivity index (χ4v) is 1.96. The van der Waals surface area contributed by atoms with E-state index in [1.807, 2.05) is 0 Å². The zero-order valence-electron chi connectivity index (χ0n) is 8.34. The Hall–Kier alpha value is -0.150. The summed E-state index contributed by atoms with van der Waals surface area (Å²) in [7, 11) is 0. The van der Waals surface area contributed by atoms with Gasteiger partial charge in [-0.25, -0.2) is 9.50 Å². The SMILES string of the molecule is CC(F)C1CCCN(CCC[O])C1. The average Bonchev–Trinajstić information content (AvgIpc) is 2.15. The Balaban J connectivity index is 2.25. The van der Waals surface area contributed by atoms with Crippen molar-refractivity contribution in [2.24, 2.45) is 5.92 Å². The molecule has 0 N–H and O–H groups in total. The predicted molar refractivity (Wildman–Crippen MR) is 49.9 cm³/mol. The van der Waals surface area contributed by atoms with Crippen molar-refractivity contribution in [2.45, 2.75) is 32.4 Å². The van der Waals surface area contributed by atoms with Gasteiger partial charge in [0.1, 0.15) is 6.17 Å². The smallest absolute Gasteiger partial charge is 0.101 e. The largest absolute Gasteiger partial charge is 0.303 e. The Labute approximate surface area is 79.7 Å². The van der Waals surface area contributed by atoms with E-state index in [4.69, 9.17) is 0 Å². The highest BCUT2D eigenvalue weighted by Gasteiger charge is 2.23. The van der Waals surface area contributed by atoms with E-state index in [9.17, 15) is 9.50 Å². The Kier molecular flexibility index (Phi) is 4.67. The second kappa shape index (κ2) is 5.55. The Morgan fingerprint density at radius 3 is 3.00 bits per heavy atom. The molecule has 0 aromatic carbocycles. The van der Waals surface area contributed by atoms with Crippen LogP contribution in [-0.2, 0) is 5.11 Å². The van der Waals surface area contributed by atoms with E-state index in [1.165, 1.54) is 0 Å². The van der Waals surface area contributed by atoms with Crippen molar-refractivity contribution >= 4 is 0 Å². The van der Waals surface area contributed by atoms with Crippen LogP contribution in [0, 0.1) is 5.92 Å². The molecular formula is C10H19FNO. The van der Waals surface area contributed by atoms with Gasteiger partial charge in [-0.3, -0.25) is 0 Å². The lowest BCUT2D eigenvalue weighted by Gasteiger charge is -2.33. The molecule has 0 aromatic heterocycles. The third kappa shape index (κ3) is 3.61. The first-order chi connectivity index (χ1) is 6.24. The van der Waals surface area contributed by atoms with E-state index in [0.717, 1.165) is 32.5 Å². The summed E-state index contributed by atoms with van der Waals surface area (Å²) in [5.41, 5.74) is 0. The molecule has 1 radical (unpaired) electrons. The monoisotopic (exact) mass is 188 g/mol. The number of halogens is 1. The molecule has 0 aromatic rings. The van der Waals surface area contributed by atoms with Crippen molar-refractivity contribution in [1.29, 1.82) is 0 Å². The maximum absolute atomic E-state index is 13.0. The minimum atomic E-state index is -0.699. The van der Waals surface area contributed by atoms with Crippen LogP contribution in [0.15, 0.2) is 0 Å². The van der Waals surface area contributed by atoms with Gasteiger partial charge < -0.3 is 4.90 Å². The van der Waals surface area contributed by atoms with Crippen molar-refractivity contribution < 1.29 is 9.50 Å². The molecule has 1 saturated heterocycles. The molecule has 1 aliphatic rings. The Morgan fingerprint density at radius 2 is 2.38 bits per heavy atom. The van der Waals surface area contributed by atoms with Crippen LogP contribution in [0.25, 0.3) is 0 Å². The van der Waals surface area contributed by atoms with Gasteiger partial charge in [0.15, 0.2) is 0 Å². The van der Waals surface area contributed by atoms with Gasteiger partial charge in [-0.05, 0) is 32.7 Å². The van der Waals surface area contributed by atoms with Crippen molar-refractivity contribution in [3.8, 4) is 0 Å². The van der Waals surface area contributed by atoms with E-state index >= 15 is 0 Å². The number of piperidine rings is 1. The lowest BCUT2D eigenvalue weighted by Crippen LogP contribution is -2.39. The summed E-state index contributed by atoms with van der Waals surface area (Å²) in [5.74, 6) is 0.195. The van der Waals surface area contributed by atoms with E-state index in [2.05, 4.69) is 4.90 Å². The van der Waals surface area contributed by atoms with Gasteiger partial charge >= 0.3 is 0 Å². The van der Waals surface area contributed by atoms with Gasteiger partial charge in [0.05, 0.1) is 6.61 Å². The highest BCUT2D eigenvalue weighted by Crippen LogP contribution is 2.21. The molecule has 0 spiro atoms. The topological polar surface area (TPSA) is 23.1 Å². The number of hydrogen-bond acceptors (Lipinski definition) is 1. The lowest BCUT2D eigenvalue weighted by atomic mass is 9.94. The van der Waals surface area contributed by atoms with Crippen LogP contribution in [0.2, 0.25) is 0 Å². The van der Waals surface area contributed by atoms with E-state index < -0.39 is 6.17 Å². The number of hydrogen-bond donors (Lipinski definition) is 0. The minimum Gasteiger partial charge on any atom is -0.303 e. The molecule has 1 heterocycles. The first-order valence-corrected chi connectivity index (χ1v) is 5.18. The molecule has 13 heavy (non-hydrogen) atoms. The van der Waals surface area contributed by atoms with E-state index in [-0.39, 0.29) is 12.5 Å². The second-order valence-electron chi connectivity index (χ2n) is 3.94. The number of rotatable bonds is 4. The molecule has 0 aliphatic carbocycles. The summed E-state index contributed by atoms with van der Waals surface area (Å²) in [5, 5.41) is 10.3. The first-order valence-electron chi connectivity index (χ1n) is 5.18. The average molecular weight is 188 g/mol. The summed E-state index contributed by atoms with van der Waals surface area (Å²) >= 11 is 0. The molecule has 77 valence electrons. The van der Waals surface area contributed by atoms with Gasteiger partial charge in [0.2, 0.25) is 0 Å². The summed E-state index contributed by atoms with van der Waals surface area (Å²) in [6.07, 6.45) is 2.09. The van der Waals surface area contributed by atoms with Crippen molar-refractivity contribution in [1.82, 2.24) is 4.90 Å². The number of likely N-dealkylation sites (tertiary alicyclic amines) is 1. The quantitative estimate of drug-likeness (QED) is 0.660. The van der Waals surface area contributed by atoms with Crippen molar-refractivity contribution in [3.63, 3.8) is 0 Å². The van der Waals surface area contributed by atoms with Crippen LogP contribution in [0.5, 0.6) is 0 Å². The maximum atomic E-state index is 13.0. The second-order valence-corrected chi connectivity index (χ2v) is 3.94. The minimum absolute atomic E-state index is 0.00759. The molecule has 0 saturated carbocycles. The molecular weight excluding hydrogens is 169 g/mol. The van der Waals surface area contributed by atoms with Crippen molar-refractivity contribution in [3.05, 3.63) is 0 Å². The Morgan fingerprint density at radius 1 is 1.62 bits per heavy atom. The van der Waals surface area contributed by atoms with Gasteiger partial charge in [-0.2, -0.15) is 0 Å². The fourth-order valence-electron chi connectivity index (χ4n) is 1.96. The van der Waals surface area contributed by atoms with E-state index in [1.54, 1.807) is 6.92 Å². The molecule has 1 fully saturated rings.